The minimum Gasteiger partial charge on any atom is -0.436 e. The van der Waals surface area contributed by atoms with Crippen LogP contribution in [-0.4, -0.2) is 15.0 Å². The van der Waals surface area contributed by atoms with Crippen molar-refractivity contribution in [2.45, 2.75) is 0 Å². The van der Waals surface area contributed by atoms with Gasteiger partial charge in [0.15, 0.2) is 5.82 Å². The molecule has 0 atom stereocenters. The number of pyridine rings is 1. The van der Waals surface area contributed by atoms with Gasteiger partial charge in [0.05, 0.1) is 23.1 Å². The number of hydrogen-bond donors (Lipinski definition) is 1. The average Bonchev–Trinajstić information content (AvgIpc) is 2.52. The lowest BCUT2D eigenvalue weighted by Gasteiger charge is -2.09. The van der Waals surface area contributed by atoms with Crippen LogP contribution < -0.4 is 10.5 Å². The van der Waals surface area contributed by atoms with E-state index in [1.54, 1.807) is 18.2 Å². The zero-order valence-corrected chi connectivity index (χ0v) is 12.0. The highest BCUT2D eigenvalue weighted by atomic mass is 35.5. The van der Waals surface area contributed by atoms with Crippen molar-refractivity contribution in [2.24, 2.45) is 0 Å². The third kappa shape index (κ3) is 2.96. The minimum atomic E-state index is -0.550. The molecule has 7 heteroatoms. The van der Waals surface area contributed by atoms with Crippen LogP contribution in [0, 0.1) is 5.82 Å². The highest BCUT2D eigenvalue weighted by Gasteiger charge is 2.10. The van der Waals surface area contributed by atoms with Crippen molar-refractivity contribution in [3.63, 3.8) is 0 Å². The second-order valence-electron chi connectivity index (χ2n) is 4.36. The van der Waals surface area contributed by atoms with Gasteiger partial charge in [0.1, 0.15) is 11.6 Å². The average molecular weight is 317 g/mol. The summed E-state index contributed by atoms with van der Waals surface area (Å²) in [6.45, 7) is 0. The molecule has 2 N–H and O–H groups in total. The zero-order valence-electron chi connectivity index (χ0n) is 11.2. The maximum absolute atomic E-state index is 13.6. The molecular weight excluding hydrogens is 307 g/mol. The maximum Gasteiger partial charge on any atom is 0.255 e. The second-order valence-corrected chi connectivity index (χ2v) is 4.77. The number of anilines is 1. The standard InChI is InChI=1S/C15H10ClFN4O/c16-11-4-3-9(22-15-12(17)2-1-5-19-15)6-10(11)13-7-21-14(18)8-20-13/h1-8H,(H2,18,21). The number of aromatic nitrogens is 3. The summed E-state index contributed by atoms with van der Waals surface area (Å²) in [6, 6.07) is 7.64. The van der Waals surface area contributed by atoms with E-state index >= 15 is 0 Å². The summed E-state index contributed by atoms with van der Waals surface area (Å²) < 4.78 is 19.0. The number of rotatable bonds is 3. The van der Waals surface area contributed by atoms with Gasteiger partial charge in [-0.2, -0.15) is 0 Å². The molecule has 0 bridgehead atoms. The second kappa shape index (κ2) is 5.95. The largest absolute Gasteiger partial charge is 0.436 e. The highest BCUT2D eigenvalue weighted by molar-refractivity contribution is 6.33. The molecule has 0 saturated carbocycles. The molecule has 110 valence electrons. The van der Waals surface area contributed by atoms with Crippen LogP contribution >= 0.6 is 11.6 Å². The fourth-order valence-corrected chi connectivity index (χ4v) is 2.01. The number of benzene rings is 1. The molecule has 0 aliphatic rings. The summed E-state index contributed by atoms with van der Waals surface area (Å²) >= 11 is 6.16. The van der Waals surface area contributed by atoms with Crippen LogP contribution in [0.1, 0.15) is 0 Å². The van der Waals surface area contributed by atoms with E-state index in [2.05, 4.69) is 15.0 Å². The van der Waals surface area contributed by atoms with E-state index in [1.807, 2.05) is 0 Å². The van der Waals surface area contributed by atoms with Gasteiger partial charge in [0.2, 0.25) is 0 Å². The predicted octanol–water partition coefficient (Wildman–Crippen LogP) is 3.71. The first kappa shape index (κ1) is 14.2. The number of hydrogen-bond acceptors (Lipinski definition) is 5. The van der Waals surface area contributed by atoms with Gasteiger partial charge in [-0.05, 0) is 30.3 Å². The molecule has 0 spiro atoms. The topological polar surface area (TPSA) is 73.9 Å². The van der Waals surface area contributed by atoms with Gasteiger partial charge in [0, 0.05) is 11.8 Å². The normalized spacial score (nSPS) is 10.5. The molecule has 0 aliphatic carbocycles. The lowest BCUT2D eigenvalue weighted by Crippen LogP contribution is -1.94. The monoisotopic (exact) mass is 316 g/mol. The molecule has 2 heterocycles. The Balaban J connectivity index is 1.96. The fourth-order valence-electron chi connectivity index (χ4n) is 1.80. The molecular formula is C15H10ClFN4O. The Morgan fingerprint density at radius 2 is 1.95 bits per heavy atom. The lowest BCUT2D eigenvalue weighted by molar-refractivity contribution is 0.423. The predicted molar refractivity (Wildman–Crippen MR) is 81.2 cm³/mol. The van der Waals surface area contributed by atoms with Crippen molar-refractivity contribution < 1.29 is 9.13 Å². The summed E-state index contributed by atoms with van der Waals surface area (Å²) in [5, 5.41) is 0.466. The molecule has 0 radical (unpaired) electrons. The fraction of sp³-hybridized carbons (Fsp3) is 0. The number of halogens is 2. The summed E-state index contributed by atoms with van der Waals surface area (Å²) in [6.07, 6.45) is 4.37. The van der Waals surface area contributed by atoms with Gasteiger partial charge in [-0.25, -0.2) is 14.4 Å². The van der Waals surface area contributed by atoms with Crippen molar-refractivity contribution in [1.29, 1.82) is 0 Å². The molecule has 3 aromatic rings. The van der Waals surface area contributed by atoms with E-state index in [0.29, 0.717) is 27.8 Å². The third-order valence-electron chi connectivity index (χ3n) is 2.82. The highest BCUT2D eigenvalue weighted by Crippen LogP contribution is 2.32. The first-order valence-electron chi connectivity index (χ1n) is 6.29. The quantitative estimate of drug-likeness (QED) is 0.797. The van der Waals surface area contributed by atoms with Gasteiger partial charge in [0.25, 0.3) is 5.88 Å². The smallest absolute Gasteiger partial charge is 0.255 e. The molecule has 3 rings (SSSR count). The van der Waals surface area contributed by atoms with Crippen molar-refractivity contribution >= 4 is 17.4 Å². The Bertz CT molecular complexity index is 811. The Labute approximate surface area is 130 Å². The van der Waals surface area contributed by atoms with Gasteiger partial charge in [-0.1, -0.05) is 11.6 Å². The maximum atomic E-state index is 13.6. The van der Waals surface area contributed by atoms with E-state index < -0.39 is 5.82 Å². The van der Waals surface area contributed by atoms with Crippen LogP contribution in [0.5, 0.6) is 11.6 Å². The molecule has 5 nitrogen and oxygen atoms in total. The number of nitrogens with zero attached hydrogens (tertiary/aromatic N) is 3. The Hall–Kier alpha value is -2.73. The first-order chi connectivity index (χ1) is 10.6. The summed E-state index contributed by atoms with van der Waals surface area (Å²) in [4.78, 5) is 12.0. The Kier molecular flexibility index (Phi) is 3.84. The van der Waals surface area contributed by atoms with Crippen LogP contribution in [0.3, 0.4) is 0 Å². The van der Waals surface area contributed by atoms with Crippen LogP contribution in [0.25, 0.3) is 11.3 Å². The molecule has 0 aliphatic heterocycles. The number of ether oxygens (including phenoxy) is 1. The van der Waals surface area contributed by atoms with Gasteiger partial charge in [-0.3, -0.25) is 4.98 Å². The van der Waals surface area contributed by atoms with E-state index in [9.17, 15) is 4.39 Å². The van der Waals surface area contributed by atoms with Gasteiger partial charge < -0.3 is 10.5 Å². The Morgan fingerprint density at radius 3 is 2.68 bits per heavy atom. The van der Waals surface area contributed by atoms with Crippen LogP contribution in [-0.2, 0) is 0 Å². The molecule has 0 fully saturated rings. The SMILES string of the molecule is Nc1cnc(-c2cc(Oc3ncccc3F)ccc2Cl)cn1. The molecule has 0 saturated heterocycles. The van der Waals surface area contributed by atoms with E-state index in [4.69, 9.17) is 22.1 Å². The van der Waals surface area contributed by atoms with Crippen LogP contribution in [0.4, 0.5) is 10.2 Å². The Morgan fingerprint density at radius 1 is 1.09 bits per heavy atom. The summed E-state index contributed by atoms with van der Waals surface area (Å²) in [7, 11) is 0. The number of nitrogen functional groups attached to an aromatic ring is 1. The molecule has 1 aromatic carbocycles. The number of nitrogens with two attached hydrogens (primary N) is 1. The van der Waals surface area contributed by atoms with Crippen molar-refractivity contribution in [1.82, 2.24) is 15.0 Å². The summed E-state index contributed by atoms with van der Waals surface area (Å²) in [5.41, 5.74) is 6.64. The van der Waals surface area contributed by atoms with Gasteiger partial charge >= 0.3 is 0 Å². The molecule has 0 amide bonds. The minimum absolute atomic E-state index is 0.112. The lowest BCUT2D eigenvalue weighted by atomic mass is 10.1. The summed E-state index contributed by atoms with van der Waals surface area (Å²) in [5.74, 6) is 0.0314. The van der Waals surface area contributed by atoms with Crippen LogP contribution in [0.15, 0.2) is 48.9 Å². The van der Waals surface area contributed by atoms with Crippen molar-refractivity contribution in [2.75, 3.05) is 5.73 Å². The molecule has 0 unspecified atom stereocenters. The van der Waals surface area contributed by atoms with Crippen LogP contribution in [0.2, 0.25) is 5.02 Å². The van der Waals surface area contributed by atoms with E-state index in [0.717, 1.165) is 0 Å². The van der Waals surface area contributed by atoms with E-state index in [-0.39, 0.29) is 5.88 Å². The van der Waals surface area contributed by atoms with Crippen molar-refractivity contribution in [3.05, 3.63) is 59.8 Å². The van der Waals surface area contributed by atoms with Crippen molar-refractivity contribution in [3.8, 4) is 22.9 Å². The molecule has 2 aromatic heterocycles. The van der Waals surface area contributed by atoms with Gasteiger partial charge in [-0.15, -0.1) is 0 Å². The third-order valence-corrected chi connectivity index (χ3v) is 3.15. The van der Waals surface area contributed by atoms with E-state index in [1.165, 1.54) is 30.7 Å². The first-order valence-corrected chi connectivity index (χ1v) is 6.67. The molecule has 22 heavy (non-hydrogen) atoms. The zero-order chi connectivity index (χ0) is 15.5.